The molecule has 3 fully saturated rings. The van der Waals surface area contributed by atoms with E-state index in [1.807, 2.05) is 0 Å². The minimum atomic E-state index is -3.21. The number of sulfonamides is 1. The Morgan fingerprint density at radius 1 is 1.29 bits per heavy atom. The Morgan fingerprint density at radius 2 is 2.03 bits per heavy atom. The Bertz CT molecular complexity index is 1060. The molecule has 4 heterocycles. The molecule has 1 aromatic rings. The molecule has 1 N–H and O–H groups in total. The van der Waals surface area contributed by atoms with Crippen molar-refractivity contribution >= 4 is 22.1 Å². The van der Waals surface area contributed by atoms with Gasteiger partial charge in [0.2, 0.25) is 16.0 Å². The van der Waals surface area contributed by atoms with Gasteiger partial charge in [0.25, 0.3) is 0 Å². The topological polar surface area (TPSA) is 116 Å². The number of fused-ring (bicyclic) bond motifs is 1. The van der Waals surface area contributed by atoms with E-state index in [1.165, 1.54) is 10.6 Å². The standard InChI is InChI=1S/C23H35N5O5S/c1-15-16(4-9-28(22(29)30)20(15)23(2)6-7-23)14-33-18-12-26(13-18)21-24-10-17-11-27(34(3,31)32)8-5-19(17)25-21/h10,15-16,18,20H,4-9,11-14H2,1-3H3,(H,29,30)/t15-,16+,20?/m1/s1. The summed E-state index contributed by atoms with van der Waals surface area (Å²) in [7, 11) is -3.21. The maximum Gasteiger partial charge on any atom is 0.407 e. The number of piperidine rings is 1. The van der Waals surface area contributed by atoms with Gasteiger partial charge in [0.15, 0.2) is 0 Å². The van der Waals surface area contributed by atoms with Crippen LogP contribution >= 0.6 is 0 Å². The largest absolute Gasteiger partial charge is 0.465 e. The van der Waals surface area contributed by atoms with Crippen LogP contribution in [-0.4, -0.2) is 90.0 Å². The van der Waals surface area contributed by atoms with Crippen LogP contribution in [0.1, 0.15) is 44.4 Å². The molecule has 2 saturated heterocycles. The lowest BCUT2D eigenvalue weighted by atomic mass is 9.75. The fraction of sp³-hybridized carbons (Fsp3) is 0.783. The molecular formula is C23H35N5O5S. The summed E-state index contributed by atoms with van der Waals surface area (Å²) in [5, 5.41) is 9.68. The molecule has 10 nitrogen and oxygen atoms in total. The third-order valence-electron chi connectivity index (χ3n) is 8.35. The Labute approximate surface area is 201 Å². The molecule has 0 aromatic carbocycles. The molecule has 0 radical (unpaired) electrons. The molecule has 34 heavy (non-hydrogen) atoms. The van der Waals surface area contributed by atoms with Gasteiger partial charge in [0, 0.05) is 56.9 Å². The minimum absolute atomic E-state index is 0.0766. The van der Waals surface area contributed by atoms with E-state index < -0.39 is 16.1 Å². The van der Waals surface area contributed by atoms with E-state index in [-0.39, 0.29) is 23.5 Å². The van der Waals surface area contributed by atoms with Crippen LogP contribution in [0.5, 0.6) is 0 Å². The zero-order valence-corrected chi connectivity index (χ0v) is 21.0. The maximum absolute atomic E-state index is 11.8. The fourth-order valence-electron chi connectivity index (χ4n) is 5.88. The van der Waals surface area contributed by atoms with Crippen molar-refractivity contribution in [1.82, 2.24) is 19.2 Å². The van der Waals surface area contributed by atoms with Crippen molar-refractivity contribution in [2.45, 2.75) is 58.2 Å². The summed E-state index contributed by atoms with van der Waals surface area (Å²) in [4.78, 5) is 24.7. The van der Waals surface area contributed by atoms with E-state index in [9.17, 15) is 18.3 Å². The van der Waals surface area contributed by atoms with Gasteiger partial charge < -0.3 is 19.6 Å². The molecule has 11 heteroatoms. The first-order valence-electron chi connectivity index (χ1n) is 12.2. The van der Waals surface area contributed by atoms with Crippen LogP contribution < -0.4 is 4.90 Å². The summed E-state index contributed by atoms with van der Waals surface area (Å²) < 4.78 is 31.3. The summed E-state index contributed by atoms with van der Waals surface area (Å²) in [5.41, 5.74) is 1.91. The average Bonchev–Trinajstić information content (AvgIpc) is 3.50. The number of carbonyl (C=O) groups is 1. The first-order chi connectivity index (χ1) is 16.0. The molecule has 1 aromatic heterocycles. The van der Waals surface area contributed by atoms with E-state index in [2.05, 4.69) is 23.7 Å². The van der Waals surface area contributed by atoms with Gasteiger partial charge >= 0.3 is 6.09 Å². The highest BCUT2D eigenvalue weighted by Gasteiger charge is 2.54. The Balaban J connectivity index is 1.13. The highest BCUT2D eigenvalue weighted by molar-refractivity contribution is 7.88. The first kappa shape index (κ1) is 23.7. The average molecular weight is 494 g/mol. The third kappa shape index (κ3) is 4.49. The van der Waals surface area contributed by atoms with Gasteiger partial charge in [0.1, 0.15) is 0 Å². The number of hydrogen-bond donors (Lipinski definition) is 1. The van der Waals surface area contributed by atoms with Crippen LogP contribution in [0.25, 0.3) is 0 Å². The van der Waals surface area contributed by atoms with Crippen molar-refractivity contribution in [3.8, 4) is 0 Å². The number of anilines is 1. The predicted molar refractivity (Wildman–Crippen MR) is 126 cm³/mol. The Kier molecular flexibility index (Phi) is 6.01. The van der Waals surface area contributed by atoms with Crippen molar-refractivity contribution in [1.29, 1.82) is 0 Å². The second-order valence-corrected chi connectivity index (χ2v) is 12.8. The van der Waals surface area contributed by atoms with Gasteiger partial charge in [-0.1, -0.05) is 13.8 Å². The van der Waals surface area contributed by atoms with Crippen LogP contribution in [0, 0.1) is 17.3 Å². The van der Waals surface area contributed by atoms with Crippen molar-refractivity contribution in [2.24, 2.45) is 17.3 Å². The lowest BCUT2D eigenvalue weighted by Crippen LogP contribution is -2.56. The molecule has 3 atom stereocenters. The van der Waals surface area contributed by atoms with Gasteiger partial charge in [-0.15, -0.1) is 0 Å². The Hall–Kier alpha value is -1.98. The van der Waals surface area contributed by atoms with E-state index >= 15 is 0 Å². The van der Waals surface area contributed by atoms with Crippen LogP contribution in [-0.2, 0) is 27.7 Å². The fourth-order valence-corrected chi connectivity index (χ4v) is 6.68. The van der Waals surface area contributed by atoms with Gasteiger partial charge in [-0.25, -0.2) is 23.2 Å². The molecular weight excluding hydrogens is 458 g/mol. The summed E-state index contributed by atoms with van der Waals surface area (Å²) in [5.74, 6) is 1.32. The second-order valence-electron chi connectivity index (χ2n) is 10.8. The SMILES string of the molecule is C[C@H]1C(C2(C)CC2)N(C(=O)O)CC[C@H]1COC1CN(c2ncc3c(n2)CCN(S(C)(=O)=O)C3)C1. The zero-order chi connectivity index (χ0) is 24.3. The van der Waals surface area contributed by atoms with Crippen molar-refractivity contribution in [3.05, 3.63) is 17.5 Å². The number of aromatic nitrogens is 2. The molecule has 4 aliphatic rings. The molecule has 0 spiro atoms. The summed E-state index contributed by atoms with van der Waals surface area (Å²) >= 11 is 0. The van der Waals surface area contributed by atoms with Crippen molar-refractivity contribution in [3.63, 3.8) is 0 Å². The number of ether oxygens (including phenoxy) is 1. The molecule has 0 bridgehead atoms. The number of likely N-dealkylation sites (tertiary alicyclic amines) is 1. The second kappa shape index (κ2) is 8.60. The highest BCUT2D eigenvalue weighted by atomic mass is 32.2. The number of nitrogens with zero attached hydrogens (tertiary/aromatic N) is 5. The maximum atomic E-state index is 11.8. The molecule has 188 valence electrons. The highest BCUT2D eigenvalue weighted by Crippen LogP contribution is 2.54. The molecule has 1 amide bonds. The number of carboxylic acid groups (broad SMARTS) is 1. The van der Waals surface area contributed by atoms with E-state index in [1.54, 1.807) is 11.1 Å². The predicted octanol–water partition coefficient (Wildman–Crippen LogP) is 1.80. The zero-order valence-electron chi connectivity index (χ0n) is 20.2. The molecule has 3 aliphatic heterocycles. The number of rotatable bonds is 6. The minimum Gasteiger partial charge on any atom is -0.465 e. The molecule has 1 unspecified atom stereocenters. The summed E-state index contributed by atoms with van der Waals surface area (Å²) in [6.07, 6.45) is 5.95. The van der Waals surface area contributed by atoms with Crippen LogP contribution in [0.3, 0.4) is 0 Å². The number of amides is 1. The van der Waals surface area contributed by atoms with Gasteiger partial charge in [0.05, 0.1) is 24.7 Å². The van der Waals surface area contributed by atoms with E-state index in [0.29, 0.717) is 44.5 Å². The monoisotopic (exact) mass is 493 g/mol. The normalized spacial score (nSPS) is 29.4. The molecule has 5 rings (SSSR count). The smallest absolute Gasteiger partial charge is 0.407 e. The summed E-state index contributed by atoms with van der Waals surface area (Å²) in [6, 6.07) is 0.0766. The molecule has 1 saturated carbocycles. The van der Waals surface area contributed by atoms with Crippen molar-refractivity contribution < 1.29 is 23.1 Å². The Morgan fingerprint density at radius 3 is 2.68 bits per heavy atom. The summed E-state index contributed by atoms with van der Waals surface area (Å²) in [6.45, 7) is 7.91. The van der Waals surface area contributed by atoms with Crippen LogP contribution in [0.15, 0.2) is 6.20 Å². The molecule has 1 aliphatic carbocycles. The van der Waals surface area contributed by atoms with Gasteiger partial charge in [-0.2, -0.15) is 4.31 Å². The third-order valence-corrected chi connectivity index (χ3v) is 9.60. The lowest BCUT2D eigenvalue weighted by molar-refractivity contribution is -0.0416. The van der Waals surface area contributed by atoms with E-state index in [4.69, 9.17) is 9.72 Å². The van der Waals surface area contributed by atoms with Gasteiger partial charge in [-0.3, -0.25) is 0 Å². The quantitative estimate of drug-likeness (QED) is 0.638. The number of hydrogen-bond acceptors (Lipinski definition) is 7. The van der Waals surface area contributed by atoms with Crippen LogP contribution in [0.4, 0.5) is 10.7 Å². The van der Waals surface area contributed by atoms with E-state index in [0.717, 1.165) is 43.6 Å². The van der Waals surface area contributed by atoms with Gasteiger partial charge in [-0.05, 0) is 36.5 Å². The van der Waals surface area contributed by atoms with Crippen molar-refractivity contribution in [2.75, 3.05) is 43.9 Å². The first-order valence-corrected chi connectivity index (χ1v) is 14.1. The lowest BCUT2D eigenvalue weighted by Gasteiger charge is -2.47. The van der Waals surface area contributed by atoms with Crippen LogP contribution in [0.2, 0.25) is 0 Å².